The van der Waals surface area contributed by atoms with Gasteiger partial charge in [0.05, 0.1) is 6.04 Å². The topological polar surface area (TPSA) is 61.9 Å². The zero-order valence-electron chi connectivity index (χ0n) is 11.2. The van der Waals surface area contributed by atoms with E-state index in [0.29, 0.717) is 12.4 Å². The van der Waals surface area contributed by atoms with Crippen LogP contribution in [0.3, 0.4) is 0 Å². The van der Waals surface area contributed by atoms with Crippen LogP contribution in [0.1, 0.15) is 41.5 Å². The van der Waals surface area contributed by atoms with Crippen LogP contribution in [0, 0.1) is 11.6 Å². The molecule has 5 nitrogen and oxygen atoms in total. The Balaban J connectivity index is 1.89. The van der Waals surface area contributed by atoms with Gasteiger partial charge in [-0.3, -0.25) is 9.89 Å². The Bertz CT molecular complexity index is 644. The molecule has 0 bridgehead atoms. The molecule has 0 aliphatic carbocycles. The van der Waals surface area contributed by atoms with E-state index in [-0.39, 0.29) is 17.5 Å². The van der Waals surface area contributed by atoms with Crippen molar-refractivity contribution in [3.63, 3.8) is 0 Å². The molecule has 0 unspecified atom stereocenters. The summed E-state index contributed by atoms with van der Waals surface area (Å²) in [6.45, 7) is 0.559. The Labute approximate surface area is 120 Å². The Morgan fingerprint density at radius 2 is 2.14 bits per heavy atom. The standard InChI is InChI=1S/C14H14F2N4O/c15-10-5-4-9(7-11(10)16)14(21)20-6-2-1-3-12(20)13-17-8-18-19-13/h4-5,7-8,12H,1-3,6H2,(H,17,18,19)/t12-/m1/s1. The number of hydrogen-bond donors (Lipinski definition) is 1. The van der Waals surface area contributed by atoms with Crippen molar-refractivity contribution >= 4 is 5.91 Å². The fraction of sp³-hybridized carbons (Fsp3) is 0.357. The normalized spacial score (nSPS) is 18.8. The number of halogens is 2. The van der Waals surface area contributed by atoms with E-state index in [1.54, 1.807) is 4.90 Å². The molecule has 0 spiro atoms. The van der Waals surface area contributed by atoms with Gasteiger partial charge in [0.2, 0.25) is 0 Å². The zero-order valence-corrected chi connectivity index (χ0v) is 11.2. The molecule has 21 heavy (non-hydrogen) atoms. The molecular weight excluding hydrogens is 278 g/mol. The quantitative estimate of drug-likeness (QED) is 0.924. The molecule has 7 heteroatoms. The fourth-order valence-electron chi connectivity index (χ4n) is 2.63. The predicted molar refractivity (Wildman–Crippen MR) is 70.4 cm³/mol. The highest BCUT2D eigenvalue weighted by atomic mass is 19.2. The first-order chi connectivity index (χ1) is 10.2. The van der Waals surface area contributed by atoms with Crippen LogP contribution in [0.15, 0.2) is 24.5 Å². The maximum Gasteiger partial charge on any atom is 0.254 e. The molecule has 0 radical (unpaired) electrons. The van der Waals surface area contributed by atoms with Gasteiger partial charge in [-0.2, -0.15) is 5.10 Å². The van der Waals surface area contributed by atoms with E-state index >= 15 is 0 Å². The lowest BCUT2D eigenvalue weighted by Gasteiger charge is -2.34. The molecule has 1 aromatic carbocycles. The van der Waals surface area contributed by atoms with Crippen molar-refractivity contribution in [1.29, 1.82) is 0 Å². The minimum absolute atomic E-state index is 0.139. The third kappa shape index (κ3) is 2.63. The van der Waals surface area contributed by atoms with Crippen molar-refractivity contribution in [2.24, 2.45) is 0 Å². The third-order valence-corrected chi connectivity index (χ3v) is 3.68. The van der Waals surface area contributed by atoms with E-state index in [2.05, 4.69) is 15.2 Å². The largest absolute Gasteiger partial charge is 0.328 e. The molecule has 1 saturated heterocycles. The summed E-state index contributed by atoms with van der Waals surface area (Å²) in [5, 5.41) is 6.58. The van der Waals surface area contributed by atoms with Crippen LogP contribution in [0.25, 0.3) is 0 Å². The van der Waals surface area contributed by atoms with Gasteiger partial charge in [0.15, 0.2) is 11.6 Å². The van der Waals surface area contributed by atoms with Gasteiger partial charge >= 0.3 is 0 Å². The van der Waals surface area contributed by atoms with Gasteiger partial charge in [-0.1, -0.05) is 0 Å². The number of carbonyl (C=O) groups excluding carboxylic acids is 1. The van der Waals surface area contributed by atoms with E-state index < -0.39 is 11.6 Å². The minimum atomic E-state index is -1.02. The Hall–Kier alpha value is -2.31. The van der Waals surface area contributed by atoms with E-state index in [1.165, 1.54) is 12.4 Å². The maximum absolute atomic E-state index is 13.3. The highest BCUT2D eigenvalue weighted by molar-refractivity contribution is 5.94. The number of benzene rings is 1. The number of nitrogens with one attached hydrogen (secondary N) is 1. The molecule has 2 aromatic rings. The van der Waals surface area contributed by atoms with Crippen LogP contribution < -0.4 is 0 Å². The molecule has 1 aromatic heterocycles. The lowest BCUT2D eigenvalue weighted by molar-refractivity contribution is 0.0600. The van der Waals surface area contributed by atoms with Gasteiger partial charge in [-0.25, -0.2) is 13.8 Å². The Morgan fingerprint density at radius 3 is 2.86 bits per heavy atom. The Kier molecular flexibility index (Phi) is 3.64. The number of likely N-dealkylation sites (tertiary alicyclic amines) is 1. The second-order valence-electron chi connectivity index (χ2n) is 5.01. The number of aromatic nitrogens is 3. The molecule has 2 heterocycles. The summed E-state index contributed by atoms with van der Waals surface area (Å²) in [6.07, 6.45) is 4.02. The van der Waals surface area contributed by atoms with E-state index in [0.717, 1.165) is 31.4 Å². The van der Waals surface area contributed by atoms with Crippen molar-refractivity contribution in [2.75, 3.05) is 6.54 Å². The summed E-state index contributed by atoms with van der Waals surface area (Å²) in [5.41, 5.74) is 0.139. The smallest absolute Gasteiger partial charge is 0.254 e. The predicted octanol–water partition coefficient (Wildman–Crippen LogP) is 2.45. The van der Waals surface area contributed by atoms with Crippen LogP contribution in [-0.4, -0.2) is 32.5 Å². The van der Waals surface area contributed by atoms with Crippen LogP contribution in [-0.2, 0) is 0 Å². The summed E-state index contributed by atoms with van der Waals surface area (Å²) in [7, 11) is 0. The van der Waals surface area contributed by atoms with Gasteiger partial charge < -0.3 is 4.90 Å². The molecule has 3 rings (SSSR count). The summed E-state index contributed by atoms with van der Waals surface area (Å²) in [6, 6.07) is 2.99. The van der Waals surface area contributed by atoms with Crippen molar-refractivity contribution in [3.8, 4) is 0 Å². The lowest BCUT2D eigenvalue weighted by Crippen LogP contribution is -2.39. The van der Waals surface area contributed by atoms with Crippen LogP contribution >= 0.6 is 0 Å². The molecule has 110 valence electrons. The molecule has 0 saturated carbocycles. The number of hydrogen-bond acceptors (Lipinski definition) is 3. The summed E-state index contributed by atoms with van der Waals surface area (Å²) in [5.74, 6) is -1.69. The highest BCUT2D eigenvalue weighted by Gasteiger charge is 2.30. The zero-order chi connectivity index (χ0) is 14.8. The van der Waals surface area contributed by atoms with Gasteiger partial charge in [0, 0.05) is 12.1 Å². The van der Waals surface area contributed by atoms with Crippen LogP contribution in [0.2, 0.25) is 0 Å². The summed E-state index contributed by atoms with van der Waals surface area (Å²) in [4.78, 5) is 18.3. The average molecular weight is 292 g/mol. The minimum Gasteiger partial charge on any atom is -0.328 e. The highest BCUT2D eigenvalue weighted by Crippen LogP contribution is 2.30. The number of carbonyl (C=O) groups is 1. The second-order valence-corrected chi connectivity index (χ2v) is 5.01. The molecule has 1 atom stereocenters. The van der Waals surface area contributed by atoms with Crippen molar-refractivity contribution in [1.82, 2.24) is 20.1 Å². The van der Waals surface area contributed by atoms with Gasteiger partial charge in [-0.15, -0.1) is 0 Å². The van der Waals surface area contributed by atoms with Crippen molar-refractivity contribution < 1.29 is 13.6 Å². The van der Waals surface area contributed by atoms with E-state index in [1.807, 2.05) is 0 Å². The summed E-state index contributed by atoms with van der Waals surface area (Å²) >= 11 is 0. The SMILES string of the molecule is O=C(c1ccc(F)c(F)c1)N1CCCC[C@@H]1c1ncn[nH]1. The summed E-state index contributed by atoms with van der Waals surface area (Å²) < 4.78 is 26.3. The fourth-order valence-corrected chi connectivity index (χ4v) is 2.63. The number of H-pyrrole nitrogens is 1. The molecule has 1 amide bonds. The van der Waals surface area contributed by atoms with Gasteiger partial charge in [0.25, 0.3) is 5.91 Å². The van der Waals surface area contributed by atoms with Crippen LogP contribution in [0.4, 0.5) is 8.78 Å². The van der Waals surface area contributed by atoms with E-state index in [9.17, 15) is 13.6 Å². The first-order valence-electron chi connectivity index (χ1n) is 6.78. The molecule has 1 fully saturated rings. The van der Waals surface area contributed by atoms with Crippen LogP contribution in [0.5, 0.6) is 0 Å². The third-order valence-electron chi connectivity index (χ3n) is 3.68. The lowest BCUT2D eigenvalue weighted by atomic mass is 10.00. The van der Waals surface area contributed by atoms with Gasteiger partial charge in [0.1, 0.15) is 12.2 Å². The molecule has 1 N–H and O–H groups in total. The van der Waals surface area contributed by atoms with Crippen molar-refractivity contribution in [3.05, 3.63) is 47.5 Å². The van der Waals surface area contributed by atoms with Gasteiger partial charge in [-0.05, 0) is 37.5 Å². The maximum atomic E-state index is 13.3. The van der Waals surface area contributed by atoms with Crippen molar-refractivity contribution in [2.45, 2.75) is 25.3 Å². The van der Waals surface area contributed by atoms with E-state index in [4.69, 9.17) is 0 Å². The first-order valence-corrected chi connectivity index (χ1v) is 6.78. The molecular formula is C14H14F2N4O. The number of nitrogens with zero attached hydrogens (tertiary/aromatic N) is 3. The monoisotopic (exact) mass is 292 g/mol. The number of aromatic amines is 1. The second kappa shape index (κ2) is 5.59. The molecule has 1 aliphatic heterocycles. The number of amides is 1. The Morgan fingerprint density at radius 1 is 1.29 bits per heavy atom. The average Bonchev–Trinajstić information content (AvgIpc) is 3.03. The number of piperidine rings is 1. The first kappa shape index (κ1) is 13.7. The molecule has 1 aliphatic rings. The number of rotatable bonds is 2.